The molecule has 6 heteroatoms. The normalized spacial score (nSPS) is 11.8. The molecule has 4 aromatic rings. The van der Waals surface area contributed by atoms with E-state index < -0.39 is 0 Å². The van der Waals surface area contributed by atoms with Crippen molar-refractivity contribution in [3.05, 3.63) is 46.9 Å². The fourth-order valence-electron chi connectivity index (χ4n) is 2.57. The highest BCUT2D eigenvalue weighted by molar-refractivity contribution is 7.15. The van der Waals surface area contributed by atoms with Crippen molar-refractivity contribution >= 4 is 38.9 Å². The Balaban J connectivity index is 2.04. The number of thiazole rings is 1. The van der Waals surface area contributed by atoms with Gasteiger partial charge in [-0.05, 0) is 37.1 Å². The van der Waals surface area contributed by atoms with Gasteiger partial charge in [-0.3, -0.25) is 8.97 Å². The number of imidazole rings is 2. The average molecular weight is 317 g/mol. The van der Waals surface area contributed by atoms with Gasteiger partial charge in [-0.15, -0.1) is 22.9 Å². The fraction of sp³-hybridized carbons (Fsp3) is 0.200. The molecule has 0 spiro atoms. The minimum atomic E-state index is 0.414. The summed E-state index contributed by atoms with van der Waals surface area (Å²) < 4.78 is 4.07. The van der Waals surface area contributed by atoms with Gasteiger partial charge in [-0.2, -0.15) is 0 Å². The van der Waals surface area contributed by atoms with Gasteiger partial charge >= 0.3 is 0 Å². The van der Waals surface area contributed by atoms with Crippen molar-refractivity contribution in [2.45, 2.75) is 19.7 Å². The van der Waals surface area contributed by atoms with Crippen LogP contribution in [-0.2, 0) is 5.88 Å². The molecule has 0 saturated heterocycles. The summed E-state index contributed by atoms with van der Waals surface area (Å²) in [5.41, 5.74) is 5.53. The lowest BCUT2D eigenvalue weighted by atomic mass is 10.1. The third-order valence-corrected chi connectivity index (χ3v) is 4.87. The Hall–Kier alpha value is -1.85. The SMILES string of the molecule is Cc1cc2ncn(-c3nc4sccn4c3CCl)c2cc1C. The number of fused-ring (bicyclic) bond motifs is 2. The molecule has 21 heavy (non-hydrogen) atoms. The summed E-state index contributed by atoms with van der Waals surface area (Å²) in [6, 6.07) is 4.27. The van der Waals surface area contributed by atoms with Crippen molar-refractivity contribution < 1.29 is 0 Å². The van der Waals surface area contributed by atoms with Crippen LogP contribution in [0.3, 0.4) is 0 Å². The molecule has 0 atom stereocenters. The van der Waals surface area contributed by atoms with Crippen molar-refractivity contribution in [1.29, 1.82) is 0 Å². The van der Waals surface area contributed by atoms with Crippen LogP contribution >= 0.6 is 22.9 Å². The molecular formula is C15H13ClN4S. The minimum absolute atomic E-state index is 0.414. The maximum atomic E-state index is 6.14. The second kappa shape index (κ2) is 4.58. The first-order chi connectivity index (χ1) is 10.2. The lowest BCUT2D eigenvalue weighted by molar-refractivity contribution is 1.00. The van der Waals surface area contributed by atoms with Gasteiger partial charge in [-0.1, -0.05) is 0 Å². The van der Waals surface area contributed by atoms with Gasteiger partial charge in [0, 0.05) is 11.6 Å². The predicted molar refractivity (Wildman–Crippen MR) is 86.7 cm³/mol. The van der Waals surface area contributed by atoms with E-state index in [9.17, 15) is 0 Å². The number of aryl methyl sites for hydroxylation is 2. The molecule has 4 nitrogen and oxygen atoms in total. The molecule has 106 valence electrons. The number of hydrogen-bond acceptors (Lipinski definition) is 3. The molecule has 0 radical (unpaired) electrons. The van der Waals surface area contributed by atoms with Crippen molar-refractivity contribution in [2.75, 3.05) is 0 Å². The number of rotatable bonds is 2. The average Bonchev–Trinajstić information content (AvgIpc) is 3.12. The van der Waals surface area contributed by atoms with Gasteiger partial charge < -0.3 is 0 Å². The van der Waals surface area contributed by atoms with Gasteiger partial charge in [0.05, 0.1) is 22.6 Å². The Labute approximate surface area is 130 Å². The topological polar surface area (TPSA) is 35.1 Å². The molecular weight excluding hydrogens is 304 g/mol. The molecule has 0 amide bonds. The number of alkyl halides is 1. The summed E-state index contributed by atoms with van der Waals surface area (Å²) in [7, 11) is 0. The third kappa shape index (κ3) is 1.81. The van der Waals surface area contributed by atoms with Crippen molar-refractivity contribution in [3.63, 3.8) is 0 Å². The van der Waals surface area contributed by atoms with E-state index in [1.807, 2.05) is 26.9 Å². The summed E-state index contributed by atoms with van der Waals surface area (Å²) in [6.07, 6.45) is 3.83. The molecule has 3 aromatic heterocycles. The monoisotopic (exact) mass is 316 g/mol. The highest BCUT2D eigenvalue weighted by atomic mass is 35.5. The quantitative estimate of drug-likeness (QED) is 0.522. The lowest BCUT2D eigenvalue weighted by Gasteiger charge is -2.05. The summed E-state index contributed by atoms with van der Waals surface area (Å²) in [5.74, 6) is 1.28. The standard InChI is InChI=1S/C15H13ClN4S/c1-9-5-11-12(6-10(9)2)20(8-17-11)14-13(7-16)19-3-4-21-15(19)18-14/h3-6,8H,7H2,1-2H3. The van der Waals surface area contributed by atoms with Crippen LogP contribution in [0, 0.1) is 13.8 Å². The first-order valence-corrected chi connectivity index (χ1v) is 8.05. The van der Waals surface area contributed by atoms with Crippen molar-refractivity contribution in [1.82, 2.24) is 18.9 Å². The molecule has 0 unspecified atom stereocenters. The van der Waals surface area contributed by atoms with Crippen LogP contribution in [0.4, 0.5) is 0 Å². The van der Waals surface area contributed by atoms with E-state index in [0.717, 1.165) is 27.5 Å². The van der Waals surface area contributed by atoms with Crippen LogP contribution < -0.4 is 0 Å². The molecule has 0 fully saturated rings. The zero-order valence-corrected chi connectivity index (χ0v) is 13.2. The number of aromatic nitrogens is 4. The third-order valence-electron chi connectivity index (χ3n) is 3.86. The molecule has 1 aromatic carbocycles. The van der Waals surface area contributed by atoms with E-state index in [4.69, 9.17) is 16.6 Å². The summed E-state index contributed by atoms with van der Waals surface area (Å²) in [6.45, 7) is 4.21. The molecule has 3 heterocycles. The first kappa shape index (κ1) is 12.9. The van der Waals surface area contributed by atoms with Crippen LogP contribution in [0.25, 0.3) is 21.8 Å². The summed E-state index contributed by atoms with van der Waals surface area (Å²) in [5, 5.41) is 2.02. The molecule has 0 aliphatic heterocycles. The van der Waals surface area contributed by atoms with Crippen molar-refractivity contribution in [2.24, 2.45) is 0 Å². The summed E-state index contributed by atoms with van der Waals surface area (Å²) >= 11 is 7.75. The van der Waals surface area contributed by atoms with E-state index in [1.165, 1.54) is 11.1 Å². The molecule has 0 N–H and O–H groups in total. The molecule has 0 aliphatic rings. The number of benzene rings is 1. The van der Waals surface area contributed by atoms with E-state index in [0.29, 0.717) is 5.88 Å². The highest BCUT2D eigenvalue weighted by Gasteiger charge is 2.16. The fourth-order valence-corrected chi connectivity index (χ4v) is 3.55. The Morgan fingerprint density at radius 1 is 1.24 bits per heavy atom. The van der Waals surface area contributed by atoms with Crippen LogP contribution in [-0.4, -0.2) is 18.9 Å². The molecule has 0 saturated carbocycles. The minimum Gasteiger partial charge on any atom is -0.291 e. The van der Waals surface area contributed by atoms with Gasteiger partial charge in [0.2, 0.25) is 0 Å². The van der Waals surface area contributed by atoms with Gasteiger partial charge in [0.1, 0.15) is 6.33 Å². The number of hydrogen-bond donors (Lipinski definition) is 0. The smallest absolute Gasteiger partial charge is 0.195 e. The first-order valence-electron chi connectivity index (χ1n) is 6.64. The number of nitrogens with zero attached hydrogens (tertiary/aromatic N) is 4. The van der Waals surface area contributed by atoms with Crippen LogP contribution in [0.1, 0.15) is 16.8 Å². The van der Waals surface area contributed by atoms with Gasteiger partial charge in [0.15, 0.2) is 10.8 Å². The molecule has 0 bridgehead atoms. The van der Waals surface area contributed by atoms with Crippen LogP contribution in [0.2, 0.25) is 0 Å². The second-order valence-corrected chi connectivity index (χ2v) is 6.25. The predicted octanol–water partition coefficient (Wildman–Crippen LogP) is 4.09. The van der Waals surface area contributed by atoms with Gasteiger partial charge in [-0.25, -0.2) is 9.97 Å². The maximum Gasteiger partial charge on any atom is 0.195 e. The maximum absolute atomic E-state index is 6.14. The zero-order chi connectivity index (χ0) is 14.6. The van der Waals surface area contributed by atoms with E-state index in [2.05, 4.69) is 31.0 Å². The molecule has 4 rings (SSSR count). The summed E-state index contributed by atoms with van der Waals surface area (Å²) in [4.78, 5) is 10.2. The Kier molecular flexibility index (Phi) is 2.80. The second-order valence-electron chi connectivity index (χ2n) is 5.11. The van der Waals surface area contributed by atoms with Crippen LogP contribution in [0.5, 0.6) is 0 Å². The largest absolute Gasteiger partial charge is 0.291 e. The Bertz CT molecular complexity index is 963. The van der Waals surface area contributed by atoms with E-state index in [-0.39, 0.29) is 0 Å². The van der Waals surface area contributed by atoms with Crippen LogP contribution in [0.15, 0.2) is 30.0 Å². The number of halogens is 1. The Morgan fingerprint density at radius 3 is 2.86 bits per heavy atom. The van der Waals surface area contributed by atoms with E-state index in [1.54, 1.807) is 11.3 Å². The van der Waals surface area contributed by atoms with E-state index >= 15 is 0 Å². The molecule has 0 aliphatic carbocycles. The van der Waals surface area contributed by atoms with Gasteiger partial charge in [0.25, 0.3) is 0 Å². The highest BCUT2D eigenvalue weighted by Crippen LogP contribution is 2.26. The zero-order valence-electron chi connectivity index (χ0n) is 11.7. The lowest BCUT2D eigenvalue weighted by Crippen LogP contribution is -1.98. The Morgan fingerprint density at radius 2 is 2.05 bits per heavy atom. The van der Waals surface area contributed by atoms with Crippen molar-refractivity contribution in [3.8, 4) is 5.82 Å².